The Labute approximate surface area is 106 Å². The average Bonchev–Trinajstić information content (AvgIpc) is 2.35. The standard InChI is InChI=1S/C11H19N5O2/c1-3-5-6-7-13-11-9(16(17)18)10(12-4-2)14-8-15-11/h8H,3-7H2,1-2H3,(H2,12,13,14,15). The van der Waals surface area contributed by atoms with Gasteiger partial charge in [-0.1, -0.05) is 19.8 Å². The highest BCUT2D eigenvalue weighted by Crippen LogP contribution is 2.28. The summed E-state index contributed by atoms with van der Waals surface area (Å²) < 4.78 is 0. The molecule has 0 aliphatic heterocycles. The van der Waals surface area contributed by atoms with Crippen molar-refractivity contribution in [3.63, 3.8) is 0 Å². The predicted octanol–water partition coefficient (Wildman–Crippen LogP) is 2.42. The second-order valence-corrected chi connectivity index (χ2v) is 3.84. The van der Waals surface area contributed by atoms with Gasteiger partial charge in [-0.3, -0.25) is 10.1 Å². The molecule has 0 aliphatic rings. The lowest BCUT2D eigenvalue weighted by atomic mass is 10.2. The van der Waals surface area contributed by atoms with E-state index in [-0.39, 0.29) is 17.3 Å². The molecule has 0 saturated carbocycles. The number of nitrogens with one attached hydrogen (secondary N) is 2. The SMILES string of the molecule is CCCCCNc1ncnc(NCC)c1[N+](=O)[O-]. The number of aromatic nitrogens is 2. The number of anilines is 2. The summed E-state index contributed by atoms with van der Waals surface area (Å²) >= 11 is 0. The van der Waals surface area contributed by atoms with Gasteiger partial charge in [0.25, 0.3) is 0 Å². The number of hydrogen-bond acceptors (Lipinski definition) is 6. The van der Waals surface area contributed by atoms with Gasteiger partial charge in [-0.2, -0.15) is 0 Å². The lowest BCUT2D eigenvalue weighted by Crippen LogP contribution is -2.10. The molecule has 0 amide bonds. The molecule has 7 nitrogen and oxygen atoms in total. The zero-order valence-corrected chi connectivity index (χ0v) is 10.8. The van der Waals surface area contributed by atoms with E-state index < -0.39 is 4.92 Å². The summed E-state index contributed by atoms with van der Waals surface area (Å²) in [7, 11) is 0. The first-order valence-corrected chi connectivity index (χ1v) is 6.17. The largest absolute Gasteiger partial charge is 0.364 e. The van der Waals surface area contributed by atoms with Crippen LogP contribution in [0.1, 0.15) is 33.1 Å². The van der Waals surface area contributed by atoms with Crippen LogP contribution in [-0.4, -0.2) is 28.0 Å². The van der Waals surface area contributed by atoms with Crippen molar-refractivity contribution in [2.45, 2.75) is 33.1 Å². The van der Waals surface area contributed by atoms with Crippen molar-refractivity contribution in [1.29, 1.82) is 0 Å². The van der Waals surface area contributed by atoms with E-state index in [1.165, 1.54) is 6.33 Å². The second-order valence-electron chi connectivity index (χ2n) is 3.84. The molecule has 2 N–H and O–H groups in total. The molecule has 0 bridgehead atoms. The summed E-state index contributed by atoms with van der Waals surface area (Å²) in [5.74, 6) is 0.539. The molecule has 0 saturated heterocycles. The third kappa shape index (κ3) is 3.83. The third-order valence-corrected chi connectivity index (χ3v) is 2.42. The van der Waals surface area contributed by atoms with E-state index in [1.54, 1.807) is 0 Å². The van der Waals surface area contributed by atoms with Gasteiger partial charge < -0.3 is 10.6 Å². The maximum absolute atomic E-state index is 11.1. The Morgan fingerprint density at radius 2 is 1.89 bits per heavy atom. The van der Waals surface area contributed by atoms with Gasteiger partial charge in [-0.15, -0.1) is 0 Å². The summed E-state index contributed by atoms with van der Waals surface area (Å²) in [4.78, 5) is 18.4. The number of unbranched alkanes of at least 4 members (excludes halogenated alkanes) is 2. The lowest BCUT2D eigenvalue weighted by molar-refractivity contribution is -0.383. The van der Waals surface area contributed by atoms with Crippen LogP contribution >= 0.6 is 0 Å². The Morgan fingerprint density at radius 1 is 1.22 bits per heavy atom. The Bertz CT molecular complexity index is 397. The minimum absolute atomic E-state index is 0.0872. The molecule has 1 heterocycles. The molecule has 0 fully saturated rings. The number of rotatable bonds is 8. The molecule has 18 heavy (non-hydrogen) atoms. The smallest absolute Gasteiger partial charge is 0.353 e. The normalized spacial score (nSPS) is 10.1. The van der Waals surface area contributed by atoms with E-state index in [4.69, 9.17) is 0 Å². The quantitative estimate of drug-likeness (QED) is 0.420. The van der Waals surface area contributed by atoms with Crippen LogP contribution in [-0.2, 0) is 0 Å². The fourth-order valence-corrected chi connectivity index (χ4v) is 1.56. The van der Waals surface area contributed by atoms with Crippen molar-refractivity contribution in [3.8, 4) is 0 Å². The molecule has 7 heteroatoms. The zero-order valence-electron chi connectivity index (χ0n) is 10.8. The Balaban J connectivity index is 2.82. The van der Waals surface area contributed by atoms with E-state index in [0.717, 1.165) is 19.3 Å². The molecule has 1 rings (SSSR count). The molecule has 0 spiro atoms. The highest BCUT2D eigenvalue weighted by atomic mass is 16.6. The van der Waals surface area contributed by atoms with E-state index >= 15 is 0 Å². The van der Waals surface area contributed by atoms with Crippen molar-refractivity contribution in [1.82, 2.24) is 9.97 Å². The number of hydrogen-bond donors (Lipinski definition) is 2. The van der Waals surface area contributed by atoms with Crippen LogP contribution < -0.4 is 10.6 Å². The summed E-state index contributed by atoms with van der Waals surface area (Å²) in [5.41, 5.74) is -0.0872. The van der Waals surface area contributed by atoms with Gasteiger partial charge in [-0.05, 0) is 13.3 Å². The molecular formula is C11H19N5O2. The fraction of sp³-hybridized carbons (Fsp3) is 0.636. The summed E-state index contributed by atoms with van der Waals surface area (Å²) in [6, 6.07) is 0. The molecule has 0 radical (unpaired) electrons. The fourth-order valence-electron chi connectivity index (χ4n) is 1.56. The van der Waals surface area contributed by atoms with E-state index in [2.05, 4.69) is 27.5 Å². The third-order valence-electron chi connectivity index (χ3n) is 2.42. The summed E-state index contributed by atoms with van der Waals surface area (Å²) in [6.45, 7) is 5.22. The molecule has 1 aromatic rings. The molecule has 0 unspecified atom stereocenters. The summed E-state index contributed by atoms with van der Waals surface area (Å²) in [5, 5.41) is 16.9. The van der Waals surface area contributed by atoms with Crippen molar-refractivity contribution >= 4 is 17.3 Å². The van der Waals surface area contributed by atoms with Gasteiger partial charge in [0.2, 0.25) is 11.6 Å². The van der Waals surface area contributed by atoms with Crippen molar-refractivity contribution in [2.24, 2.45) is 0 Å². The van der Waals surface area contributed by atoms with Crippen molar-refractivity contribution in [2.75, 3.05) is 23.7 Å². The number of nitro groups is 1. The van der Waals surface area contributed by atoms with Crippen LogP contribution in [0.2, 0.25) is 0 Å². The van der Waals surface area contributed by atoms with Crippen LogP contribution in [0.25, 0.3) is 0 Å². The van der Waals surface area contributed by atoms with E-state index in [0.29, 0.717) is 13.1 Å². The molecule has 1 aromatic heterocycles. The lowest BCUT2D eigenvalue weighted by Gasteiger charge is -2.08. The molecule has 100 valence electrons. The van der Waals surface area contributed by atoms with Crippen LogP contribution in [0.15, 0.2) is 6.33 Å². The first-order valence-electron chi connectivity index (χ1n) is 6.17. The summed E-state index contributed by atoms with van der Waals surface area (Å²) in [6.07, 6.45) is 4.49. The molecule has 0 aromatic carbocycles. The van der Waals surface area contributed by atoms with Crippen LogP contribution in [0.3, 0.4) is 0 Å². The van der Waals surface area contributed by atoms with Crippen molar-refractivity contribution < 1.29 is 4.92 Å². The van der Waals surface area contributed by atoms with Gasteiger partial charge in [0.1, 0.15) is 6.33 Å². The molecule has 0 atom stereocenters. The Kier molecular flexibility index (Phi) is 5.83. The monoisotopic (exact) mass is 253 g/mol. The van der Waals surface area contributed by atoms with Crippen LogP contribution in [0.5, 0.6) is 0 Å². The molecule has 0 aliphatic carbocycles. The maximum atomic E-state index is 11.1. The minimum atomic E-state index is -0.458. The zero-order chi connectivity index (χ0) is 13.4. The van der Waals surface area contributed by atoms with Crippen LogP contribution in [0, 0.1) is 10.1 Å². The van der Waals surface area contributed by atoms with E-state index in [9.17, 15) is 10.1 Å². The highest BCUT2D eigenvalue weighted by molar-refractivity contribution is 5.69. The first kappa shape index (κ1) is 14.1. The van der Waals surface area contributed by atoms with Gasteiger partial charge in [0.05, 0.1) is 4.92 Å². The van der Waals surface area contributed by atoms with E-state index in [1.807, 2.05) is 6.92 Å². The van der Waals surface area contributed by atoms with Gasteiger partial charge in [0, 0.05) is 13.1 Å². The predicted molar refractivity (Wildman–Crippen MR) is 70.9 cm³/mol. The second kappa shape index (κ2) is 7.41. The highest BCUT2D eigenvalue weighted by Gasteiger charge is 2.21. The molecular weight excluding hydrogens is 234 g/mol. The maximum Gasteiger partial charge on any atom is 0.353 e. The Morgan fingerprint density at radius 3 is 2.44 bits per heavy atom. The first-order chi connectivity index (χ1) is 8.70. The van der Waals surface area contributed by atoms with Gasteiger partial charge in [0.15, 0.2) is 0 Å². The topological polar surface area (TPSA) is 93.0 Å². The Hall–Kier alpha value is -1.92. The van der Waals surface area contributed by atoms with Crippen LogP contribution in [0.4, 0.5) is 17.3 Å². The van der Waals surface area contributed by atoms with Gasteiger partial charge in [-0.25, -0.2) is 9.97 Å². The number of nitrogens with zero attached hydrogens (tertiary/aromatic N) is 3. The minimum Gasteiger partial charge on any atom is -0.364 e. The average molecular weight is 253 g/mol. The van der Waals surface area contributed by atoms with Crippen molar-refractivity contribution in [3.05, 3.63) is 16.4 Å². The van der Waals surface area contributed by atoms with Gasteiger partial charge >= 0.3 is 5.69 Å².